The Balaban J connectivity index is 0.838. The quantitative estimate of drug-likeness (QED) is 0.0335. The molecule has 7 N–H and O–H groups in total. The predicted molar refractivity (Wildman–Crippen MR) is 243 cm³/mol. The molecule has 65 heavy (non-hydrogen) atoms. The van der Waals surface area contributed by atoms with Crippen molar-refractivity contribution >= 4 is 47.2 Å². The molecule has 3 atom stereocenters. The first-order chi connectivity index (χ1) is 31.6. The van der Waals surface area contributed by atoms with Crippen LogP contribution in [0.4, 0.5) is 5.69 Å². The highest BCUT2D eigenvalue weighted by Crippen LogP contribution is 2.32. The predicted octanol–water partition coefficient (Wildman–Crippen LogP) is 3.41. The minimum absolute atomic E-state index is 0.0157. The van der Waals surface area contributed by atoms with Crippen LogP contribution in [0.5, 0.6) is 11.5 Å². The summed E-state index contributed by atoms with van der Waals surface area (Å²) >= 11 is 0. The molecule has 3 aromatic carbocycles. The number of rotatable bonds is 19. The van der Waals surface area contributed by atoms with Crippen LogP contribution in [0.1, 0.15) is 77.6 Å². The number of nitrogens with one attached hydrogen (secondary N) is 5. The van der Waals surface area contributed by atoms with Crippen LogP contribution in [-0.4, -0.2) is 134 Å². The third kappa shape index (κ3) is 11.2. The van der Waals surface area contributed by atoms with Crippen LogP contribution in [0.15, 0.2) is 84.2 Å². The Hall–Kier alpha value is -6.59. The third-order valence-corrected chi connectivity index (χ3v) is 12.7. The Bertz CT molecular complexity index is 2260. The molecule has 3 aromatic rings. The summed E-state index contributed by atoms with van der Waals surface area (Å²) in [7, 11) is 1.42. The number of likely N-dealkylation sites (N-methyl/N-ethyl adjacent to an activating group) is 1. The molecule has 7 rings (SSSR count). The number of carbonyl (C=O) groups is 6. The van der Waals surface area contributed by atoms with Gasteiger partial charge in [-0.05, 0) is 99.5 Å². The van der Waals surface area contributed by atoms with E-state index in [1.165, 1.54) is 7.05 Å². The van der Waals surface area contributed by atoms with Crippen molar-refractivity contribution in [1.82, 2.24) is 30.7 Å². The van der Waals surface area contributed by atoms with Gasteiger partial charge in [0.25, 0.3) is 17.7 Å². The summed E-state index contributed by atoms with van der Waals surface area (Å²) in [6.07, 6.45) is 5.44. The van der Waals surface area contributed by atoms with Crippen LogP contribution < -0.4 is 31.7 Å². The monoisotopic (exact) mass is 889 g/mol. The van der Waals surface area contributed by atoms with Crippen LogP contribution >= 0.6 is 0 Å². The number of para-hydroxylation sites is 1. The number of hydrogen-bond acceptors (Lipinski definition) is 13. The molecular formula is C48H59N9O8. The van der Waals surface area contributed by atoms with Crippen LogP contribution in [0, 0.1) is 11.3 Å². The lowest BCUT2D eigenvalue weighted by molar-refractivity contribution is -0.133. The number of hydrogen-bond donors (Lipinski definition) is 6. The number of ether oxygens (including phenoxy) is 2. The first-order valence-electron chi connectivity index (χ1n) is 22.5. The van der Waals surface area contributed by atoms with Crippen LogP contribution in [0.25, 0.3) is 0 Å². The maximum atomic E-state index is 13.5. The smallest absolute Gasteiger partial charge is 0.264 e. The van der Waals surface area contributed by atoms with Gasteiger partial charge in [-0.15, -0.1) is 0 Å². The molecule has 4 aliphatic heterocycles. The van der Waals surface area contributed by atoms with E-state index in [-0.39, 0.29) is 59.2 Å². The number of fused-ring (bicyclic) bond motifs is 1. The van der Waals surface area contributed by atoms with Gasteiger partial charge in [0.2, 0.25) is 11.8 Å². The van der Waals surface area contributed by atoms with E-state index in [0.29, 0.717) is 87.2 Å². The zero-order chi connectivity index (χ0) is 45.9. The van der Waals surface area contributed by atoms with Gasteiger partial charge in [-0.2, -0.15) is 0 Å². The first-order valence-corrected chi connectivity index (χ1v) is 22.5. The Morgan fingerprint density at radius 3 is 2.42 bits per heavy atom. The third-order valence-electron chi connectivity index (χ3n) is 12.7. The van der Waals surface area contributed by atoms with E-state index < -0.39 is 29.7 Å². The van der Waals surface area contributed by atoms with Crippen molar-refractivity contribution in [2.75, 3.05) is 64.8 Å². The SMILES string of the molecule is CNC(=O)C(CCC=O)N1C(=O)c2cccc(NCCOC3CCCN(CCC(=O)N4CCC([C@@H]5CCN/C(=C(/C(=N)c6ccc(Oc7ccccc7)cc6)C(N)=O)N5)CC4)C3)c2C1=O. The van der Waals surface area contributed by atoms with E-state index in [2.05, 4.69) is 26.2 Å². The van der Waals surface area contributed by atoms with Crippen molar-refractivity contribution in [2.24, 2.45) is 11.7 Å². The molecule has 17 heteroatoms. The number of nitrogens with zero attached hydrogens (tertiary/aromatic N) is 3. The standard InChI is InChI=1S/C48H59N9O8/c1-51-46(61)39(13-7-28-58)57-47(62)36-11-5-12-38(41(36)48(57)63)52-23-29-64-35-10-6-24-55(30-35)25-21-40(59)56-26-19-31(20-27-56)37-18-22-53-45(54-37)42(44(50)60)43(49)32-14-16-34(17-15-32)65-33-8-3-2-4-9-33/h2-5,8-9,11-12,14-17,28,31,35,37,39,49,52-54H,6-7,10,13,18-27,29-30H2,1H3,(H2,50,60)(H,51,61)/b45-42+,49-43?/t35?,37-,39?/m0/s1. The Morgan fingerprint density at radius 2 is 1.69 bits per heavy atom. The molecule has 344 valence electrons. The molecule has 0 spiro atoms. The Kier molecular flexibility index (Phi) is 15.6. The van der Waals surface area contributed by atoms with Crippen molar-refractivity contribution in [2.45, 2.75) is 69.6 Å². The number of imide groups is 1. The van der Waals surface area contributed by atoms with Gasteiger partial charge in [0.15, 0.2) is 0 Å². The molecule has 3 saturated heterocycles. The average molecular weight is 890 g/mol. The summed E-state index contributed by atoms with van der Waals surface area (Å²) in [5, 5.41) is 21.4. The highest BCUT2D eigenvalue weighted by atomic mass is 16.5. The lowest BCUT2D eigenvalue weighted by atomic mass is 9.86. The van der Waals surface area contributed by atoms with E-state index >= 15 is 0 Å². The zero-order valence-electron chi connectivity index (χ0n) is 36.8. The van der Waals surface area contributed by atoms with Crippen molar-refractivity contribution < 1.29 is 38.2 Å². The van der Waals surface area contributed by atoms with Crippen molar-refractivity contribution in [3.8, 4) is 11.5 Å². The molecule has 0 aliphatic carbocycles. The second-order valence-corrected chi connectivity index (χ2v) is 16.8. The highest BCUT2D eigenvalue weighted by Gasteiger charge is 2.43. The minimum Gasteiger partial charge on any atom is -0.457 e. The first kappa shape index (κ1) is 46.4. The fraction of sp³-hybridized carbons (Fsp3) is 0.438. The lowest BCUT2D eigenvalue weighted by Crippen LogP contribution is -2.51. The van der Waals surface area contributed by atoms with Crippen molar-refractivity contribution in [3.05, 3.63) is 101 Å². The average Bonchev–Trinajstić information content (AvgIpc) is 3.58. The molecule has 3 fully saturated rings. The van der Waals surface area contributed by atoms with Gasteiger partial charge in [-0.25, -0.2) is 0 Å². The Morgan fingerprint density at radius 1 is 0.938 bits per heavy atom. The molecule has 0 aromatic heterocycles. The van der Waals surface area contributed by atoms with Crippen LogP contribution in [-0.2, 0) is 23.9 Å². The van der Waals surface area contributed by atoms with Gasteiger partial charge in [0.1, 0.15) is 35.2 Å². The number of aldehydes is 1. The molecule has 0 radical (unpaired) electrons. The second kappa shape index (κ2) is 21.9. The van der Waals surface area contributed by atoms with Gasteiger partial charge in [0.05, 0.1) is 29.5 Å². The summed E-state index contributed by atoms with van der Waals surface area (Å²) in [5.74, 6) is -0.169. The fourth-order valence-corrected chi connectivity index (χ4v) is 9.24. The second-order valence-electron chi connectivity index (χ2n) is 16.8. The lowest BCUT2D eigenvalue weighted by Gasteiger charge is -2.40. The number of piperidine rings is 2. The van der Waals surface area contributed by atoms with Crippen LogP contribution in [0.3, 0.4) is 0 Å². The molecular weight excluding hydrogens is 831 g/mol. The normalized spacial score (nSPS) is 20.2. The number of likely N-dealkylation sites (tertiary alicyclic amines) is 2. The van der Waals surface area contributed by atoms with Gasteiger partial charge in [0, 0.05) is 76.5 Å². The maximum absolute atomic E-state index is 13.5. The van der Waals surface area contributed by atoms with E-state index in [4.69, 9.17) is 20.6 Å². The summed E-state index contributed by atoms with van der Waals surface area (Å²) in [6.45, 7) is 4.90. The van der Waals surface area contributed by atoms with E-state index in [1.54, 1.807) is 42.5 Å². The number of anilines is 1. The maximum Gasteiger partial charge on any atom is 0.264 e. The zero-order valence-corrected chi connectivity index (χ0v) is 36.8. The van der Waals surface area contributed by atoms with E-state index in [1.807, 2.05) is 35.2 Å². The Labute approximate surface area is 378 Å². The molecule has 0 bridgehead atoms. The molecule has 2 unspecified atom stereocenters. The van der Waals surface area contributed by atoms with Gasteiger partial charge >= 0.3 is 0 Å². The molecule has 5 amide bonds. The summed E-state index contributed by atoms with van der Waals surface area (Å²) in [5.41, 5.74) is 7.40. The number of primary amides is 1. The number of carbonyl (C=O) groups excluding carboxylic acids is 6. The van der Waals surface area contributed by atoms with Crippen molar-refractivity contribution in [1.29, 1.82) is 5.41 Å². The summed E-state index contributed by atoms with van der Waals surface area (Å²) in [6, 6.07) is 20.3. The van der Waals surface area contributed by atoms with E-state index in [9.17, 15) is 28.8 Å². The summed E-state index contributed by atoms with van der Waals surface area (Å²) < 4.78 is 12.1. The number of benzene rings is 3. The summed E-state index contributed by atoms with van der Waals surface area (Å²) in [4.78, 5) is 81.8. The number of nitrogens with two attached hydrogens (primary N) is 1. The largest absolute Gasteiger partial charge is 0.457 e. The minimum atomic E-state index is -1.09. The van der Waals surface area contributed by atoms with Gasteiger partial charge in [-0.1, -0.05) is 24.3 Å². The highest BCUT2D eigenvalue weighted by molar-refractivity contribution is 6.27. The van der Waals surface area contributed by atoms with Crippen molar-refractivity contribution in [3.63, 3.8) is 0 Å². The van der Waals surface area contributed by atoms with Gasteiger partial charge in [-0.3, -0.25) is 34.3 Å². The molecule has 4 aliphatic rings. The fourth-order valence-electron chi connectivity index (χ4n) is 9.24. The number of amides is 5. The van der Waals surface area contributed by atoms with Gasteiger partial charge < -0.3 is 51.1 Å². The van der Waals surface area contributed by atoms with E-state index in [0.717, 1.165) is 43.5 Å². The topological polar surface area (TPSA) is 229 Å². The molecule has 4 heterocycles. The molecule has 17 nitrogen and oxygen atoms in total. The molecule has 0 saturated carbocycles. The van der Waals surface area contributed by atoms with Crippen LogP contribution in [0.2, 0.25) is 0 Å².